The van der Waals surface area contributed by atoms with Crippen molar-refractivity contribution in [3.05, 3.63) is 34.9 Å². The van der Waals surface area contributed by atoms with Gasteiger partial charge in [0.1, 0.15) is 0 Å². The molecule has 0 aromatic heterocycles. The number of ether oxygens (including phenoxy) is 1. The fraction of sp³-hybridized carbons (Fsp3) is 0.533. The minimum absolute atomic E-state index is 0. The number of hydrogen-bond acceptors (Lipinski definition) is 3. The first-order valence-corrected chi connectivity index (χ1v) is 7.17. The van der Waals surface area contributed by atoms with Gasteiger partial charge in [-0.1, -0.05) is 37.6 Å². The minimum atomic E-state index is -0.0187. The average Bonchev–Trinajstić information content (AvgIpc) is 2.42. The lowest BCUT2D eigenvalue weighted by atomic mass is 9.96. The molecule has 1 aromatic rings. The summed E-state index contributed by atoms with van der Waals surface area (Å²) in [5, 5.41) is 6.77. The van der Waals surface area contributed by atoms with Crippen molar-refractivity contribution in [2.75, 3.05) is 26.8 Å². The summed E-state index contributed by atoms with van der Waals surface area (Å²) >= 11 is 5.89. The highest BCUT2D eigenvalue weighted by Crippen LogP contribution is 2.23. The molecule has 0 spiro atoms. The van der Waals surface area contributed by atoms with Gasteiger partial charge in [-0.3, -0.25) is 4.79 Å². The van der Waals surface area contributed by atoms with Crippen LogP contribution in [0.25, 0.3) is 0 Å². The van der Waals surface area contributed by atoms with E-state index in [2.05, 4.69) is 24.5 Å². The maximum Gasteiger partial charge on any atom is 0.234 e. The molecule has 2 N–H and O–H groups in total. The molecule has 4 nitrogen and oxygen atoms in total. The van der Waals surface area contributed by atoms with E-state index in [1.807, 2.05) is 24.3 Å². The highest BCUT2D eigenvalue weighted by molar-refractivity contribution is 6.30. The molecule has 21 heavy (non-hydrogen) atoms. The number of halogens is 2. The van der Waals surface area contributed by atoms with Crippen LogP contribution in [0.5, 0.6) is 0 Å². The third-order valence-corrected chi connectivity index (χ3v) is 3.23. The van der Waals surface area contributed by atoms with Gasteiger partial charge in [0.25, 0.3) is 0 Å². The second-order valence-electron chi connectivity index (χ2n) is 5.01. The number of nitrogens with one attached hydrogen (secondary N) is 2. The van der Waals surface area contributed by atoms with E-state index >= 15 is 0 Å². The predicted octanol–water partition coefficient (Wildman–Crippen LogP) is 2.81. The van der Waals surface area contributed by atoms with E-state index in [0.717, 1.165) is 5.56 Å². The lowest BCUT2D eigenvalue weighted by molar-refractivity contribution is -0.121. The Morgan fingerprint density at radius 1 is 1.29 bits per heavy atom. The topological polar surface area (TPSA) is 50.4 Å². The van der Waals surface area contributed by atoms with Gasteiger partial charge in [-0.05, 0) is 23.6 Å². The van der Waals surface area contributed by atoms with Gasteiger partial charge in [0.2, 0.25) is 5.91 Å². The Morgan fingerprint density at radius 3 is 2.43 bits per heavy atom. The Hall–Kier alpha value is -0.810. The normalized spacial score (nSPS) is 11.9. The third-order valence-electron chi connectivity index (χ3n) is 2.98. The molecule has 1 aromatic carbocycles. The molecule has 0 fully saturated rings. The molecule has 0 aliphatic carbocycles. The summed E-state index contributed by atoms with van der Waals surface area (Å²) < 4.78 is 4.92. The maximum atomic E-state index is 11.9. The Kier molecular flexibility index (Phi) is 10.4. The highest BCUT2D eigenvalue weighted by atomic mass is 35.5. The van der Waals surface area contributed by atoms with Crippen molar-refractivity contribution >= 4 is 29.9 Å². The second-order valence-corrected chi connectivity index (χ2v) is 5.45. The van der Waals surface area contributed by atoms with E-state index < -0.39 is 0 Å². The van der Waals surface area contributed by atoms with Crippen LogP contribution in [0.15, 0.2) is 24.3 Å². The standard InChI is InChI=1S/C15H23ClN2O2.ClH/c1-11(2)15(12-4-6-13(16)7-5-12)18-14(19)10-17-8-9-20-3;/h4-7,11,15,17H,8-10H2,1-3H3,(H,18,19);1H. The van der Waals surface area contributed by atoms with Crippen molar-refractivity contribution in [2.45, 2.75) is 19.9 Å². The molecule has 6 heteroatoms. The Morgan fingerprint density at radius 2 is 1.90 bits per heavy atom. The number of carbonyl (C=O) groups is 1. The lowest BCUT2D eigenvalue weighted by Crippen LogP contribution is -2.38. The first-order valence-electron chi connectivity index (χ1n) is 6.79. The molecule has 1 unspecified atom stereocenters. The molecular formula is C15H24Cl2N2O2. The molecule has 0 heterocycles. The first kappa shape index (κ1) is 20.2. The molecule has 0 saturated carbocycles. The first-order chi connectivity index (χ1) is 9.54. The zero-order valence-electron chi connectivity index (χ0n) is 12.7. The second kappa shape index (κ2) is 10.9. The maximum absolute atomic E-state index is 11.9. The zero-order chi connectivity index (χ0) is 15.0. The molecule has 0 saturated heterocycles. The SMILES string of the molecule is COCCNCC(=O)NC(c1ccc(Cl)cc1)C(C)C.Cl. The van der Waals surface area contributed by atoms with Gasteiger partial charge >= 0.3 is 0 Å². The van der Waals surface area contributed by atoms with Crippen molar-refractivity contribution in [3.63, 3.8) is 0 Å². The van der Waals surface area contributed by atoms with E-state index in [1.54, 1.807) is 7.11 Å². The van der Waals surface area contributed by atoms with Crippen LogP contribution < -0.4 is 10.6 Å². The van der Waals surface area contributed by atoms with Gasteiger partial charge in [0.05, 0.1) is 19.2 Å². The van der Waals surface area contributed by atoms with Crippen LogP contribution in [-0.4, -0.2) is 32.7 Å². The average molecular weight is 335 g/mol. The van der Waals surface area contributed by atoms with Crippen LogP contribution in [0.4, 0.5) is 0 Å². The Balaban J connectivity index is 0.00000400. The van der Waals surface area contributed by atoms with Gasteiger partial charge in [0.15, 0.2) is 0 Å². The van der Waals surface area contributed by atoms with E-state index in [-0.39, 0.29) is 24.4 Å². The van der Waals surface area contributed by atoms with Gasteiger partial charge < -0.3 is 15.4 Å². The van der Waals surface area contributed by atoms with Crippen LogP contribution in [0, 0.1) is 5.92 Å². The number of benzene rings is 1. The summed E-state index contributed by atoms with van der Waals surface area (Å²) in [5.74, 6) is 0.286. The molecule has 0 bridgehead atoms. The number of methoxy groups -OCH3 is 1. The summed E-state index contributed by atoms with van der Waals surface area (Å²) in [6, 6.07) is 7.57. The monoisotopic (exact) mass is 334 g/mol. The van der Waals surface area contributed by atoms with Crippen LogP contribution in [0.3, 0.4) is 0 Å². The molecule has 0 aliphatic rings. The summed E-state index contributed by atoms with van der Waals surface area (Å²) in [7, 11) is 1.64. The summed E-state index contributed by atoms with van der Waals surface area (Å²) in [6.45, 7) is 5.71. The molecule has 0 aliphatic heterocycles. The third kappa shape index (κ3) is 7.67. The molecule has 1 amide bonds. The molecule has 0 radical (unpaired) electrons. The Bertz CT molecular complexity index is 411. The van der Waals surface area contributed by atoms with Crippen molar-refractivity contribution in [2.24, 2.45) is 5.92 Å². The van der Waals surface area contributed by atoms with Crippen molar-refractivity contribution in [3.8, 4) is 0 Å². The van der Waals surface area contributed by atoms with Crippen molar-refractivity contribution in [1.82, 2.24) is 10.6 Å². The molecule has 120 valence electrons. The molecule has 1 atom stereocenters. The van der Waals surface area contributed by atoms with Gasteiger partial charge in [0, 0.05) is 18.7 Å². The van der Waals surface area contributed by atoms with Crippen LogP contribution in [-0.2, 0) is 9.53 Å². The highest BCUT2D eigenvalue weighted by Gasteiger charge is 2.17. The largest absolute Gasteiger partial charge is 0.383 e. The van der Waals surface area contributed by atoms with E-state index in [9.17, 15) is 4.79 Å². The van der Waals surface area contributed by atoms with Crippen molar-refractivity contribution in [1.29, 1.82) is 0 Å². The van der Waals surface area contributed by atoms with Crippen molar-refractivity contribution < 1.29 is 9.53 Å². The molecular weight excluding hydrogens is 311 g/mol. The summed E-state index contributed by atoms with van der Waals surface area (Å²) in [5.41, 5.74) is 1.06. The van der Waals surface area contributed by atoms with Crippen LogP contribution in [0.2, 0.25) is 5.02 Å². The van der Waals surface area contributed by atoms with Gasteiger partial charge in [-0.15, -0.1) is 12.4 Å². The Labute approximate surface area is 138 Å². The summed E-state index contributed by atoms with van der Waals surface area (Å²) in [6.07, 6.45) is 0. The predicted molar refractivity (Wildman–Crippen MR) is 89.2 cm³/mol. The number of hydrogen-bond donors (Lipinski definition) is 2. The smallest absolute Gasteiger partial charge is 0.234 e. The fourth-order valence-corrected chi connectivity index (χ4v) is 2.03. The summed E-state index contributed by atoms with van der Waals surface area (Å²) in [4.78, 5) is 11.9. The van der Waals surface area contributed by atoms with E-state index in [0.29, 0.717) is 30.6 Å². The van der Waals surface area contributed by atoms with Crippen LogP contribution in [0.1, 0.15) is 25.5 Å². The number of rotatable bonds is 8. The minimum Gasteiger partial charge on any atom is -0.383 e. The van der Waals surface area contributed by atoms with Gasteiger partial charge in [-0.25, -0.2) is 0 Å². The van der Waals surface area contributed by atoms with Crippen LogP contribution >= 0.6 is 24.0 Å². The van der Waals surface area contributed by atoms with E-state index in [4.69, 9.17) is 16.3 Å². The quantitative estimate of drug-likeness (QED) is 0.719. The lowest BCUT2D eigenvalue weighted by Gasteiger charge is -2.23. The van der Waals surface area contributed by atoms with E-state index in [1.165, 1.54) is 0 Å². The number of amides is 1. The molecule has 1 rings (SSSR count). The number of carbonyl (C=O) groups excluding carboxylic acids is 1. The zero-order valence-corrected chi connectivity index (χ0v) is 14.3. The fourth-order valence-electron chi connectivity index (χ4n) is 1.91. The van der Waals surface area contributed by atoms with Gasteiger partial charge in [-0.2, -0.15) is 0 Å².